The first-order valence-electron chi connectivity index (χ1n) is 37.1. The Morgan fingerprint density at radius 1 is 0.434 bits per heavy atom. The minimum atomic E-state index is -2.10. The number of carbonyl (C=O) groups excluding carboxylic acids is 6. The Hall–Kier alpha value is -10.2. The number of hydrogen-bond acceptors (Lipinski definition) is 26. The average Bonchev–Trinajstić information content (AvgIpc) is 1.72. The van der Waals surface area contributed by atoms with Gasteiger partial charge in [-0.15, -0.1) is 0 Å². The summed E-state index contributed by atoms with van der Waals surface area (Å²) in [6.07, 6.45) is -35.6. The topological polar surface area (TPSA) is 416 Å². The predicted octanol–water partition coefficient (Wildman–Crippen LogP) is 5.05. The van der Waals surface area contributed by atoms with Crippen LogP contribution in [0.1, 0.15) is 64.3 Å². The fourth-order valence-electron chi connectivity index (χ4n) is 14.1. The highest BCUT2D eigenvalue weighted by atomic mass is 16.8. The summed E-state index contributed by atoms with van der Waals surface area (Å²) in [6.45, 7) is -2.76. The molecule has 0 radical (unpaired) electrons. The van der Waals surface area contributed by atoms with Gasteiger partial charge in [0.25, 0.3) is 0 Å². The normalized spacial score (nSPS) is 29.5. The maximum absolute atomic E-state index is 14.4. The van der Waals surface area contributed by atoms with Crippen molar-refractivity contribution in [2.75, 3.05) is 26.3 Å². The SMILES string of the molecule is O=C(NCC[C@H](O)C(=O)N[C@@H]1C[C@H](NC(=O)OCc2ccccc2)[C@@H](O[C@H]2O[C@@H]3COC(c4ccccc4)O[C@H]3[C@@H](O)[C@H]2NC(=O)OCc2ccccc2)[C@H](O[C@@H]2O[C@H](CO)[C@@H](O[C@H]3O[C@H]4CN(C(=O)OCc5ccccc5)C(c5ccccc5)O[C@H]4[C@H](O)[C@H]3NC(=O)OCc3ccccc3)[C@H]2O)[C@H]1O)OCc1ccccc1. The summed E-state index contributed by atoms with van der Waals surface area (Å²) in [5, 5.41) is 87.1. The van der Waals surface area contributed by atoms with Gasteiger partial charge in [0.2, 0.25) is 5.91 Å². The van der Waals surface area contributed by atoms with E-state index < -0.39 is 184 Å². The molecule has 2 unspecified atom stereocenters. The van der Waals surface area contributed by atoms with Gasteiger partial charge in [0.1, 0.15) is 124 Å². The summed E-state index contributed by atoms with van der Waals surface area (Å²) < 4.78 is 87.2. The molecule has 6 amide bonds. The van der Waals surface area contributed by atoms with Crippen LogP contribution in [-0.4, -0.2) is 221 Å². The summed E-state index contributed by atoms with van der Waals surface area (Å²) in [7, 11) is 0. The molecule has 1 saturated carbocycles. The fraction of sp³-hybridized carbons (Fsp3) is 0.407. The molecule has 32 heteroatoms. The highest BCUT2D eigenvalue weighted by Gasteiger charge is 2.59. The van der Waals surface area contributed by atoms with E-state index in [9.17, 15) is 59.4 Å². The first kappa shape index (κ1) is 80.8. The van der Waals surface area contributed by atoms with Crippen LogP contribution >= 0.6 is 0 Å². The number of alkyl carbamates (subject to hydrolysis) is 4. The summed E-state index contributed by atoms with van der Waals surface area (Å²) in [5.41, 5.74) is 4.22. The molecular weight excluding hydrogens is 1470 g/mol. The van der Waals surface area contributed by atoms with Crippen molar-refractivity contribution in [3.63, 3.8) is 0 Å². The van der Waals surface area contributed by atoms with E-state index in [4.69, 9.17) is 66.3 Å². The molecule has 13 rings (SSSR count). The molecule has 1 aliphatic carbocycles. The summed E-state index contributed by atoms with van der Waals surface area (Å²) in [5.74, 6) is -1.09. The molecule has 22 atom stereocenters. The standard InChI is InChI=1S/C81H90N6O26/c88-40-58-68(112-74-60(85-79(97)103-43-49-26-12-3-13-27-49)63(91)67-57(106-74)39-87(72(109-67)52-32-18-6-19-33-52)81(99)105-45-51-30-16-5-17-31-51)65(93)76(107-58)113-70-62(90)54(83-71(94)56(89)36-37-82-77(95)101-41-47-22-8-1-9-23-47)38-55(84-78(96)102-42-48-24-10-2-11-25-48)66(70)110-75-61(86-80(98)104-44-50-28-14-4-15-29-50)64(92)69-59(108-75)46-100-73(111-69)53-34-20-7-21-35-53/h1-35,54-70,72-76,88-93H,36-46H2,(H,82,95)(H,83,94)(H,84,96)(H,85,97)(H,86,98)/t54-,55+,56+,57+,58-,59-,60-,61-,62+,63-,64+,65-,66-,67-,68-,69-,70-,72?,73?,74-,75-,76+/m1/s1. The third kappa shape index (κ3) is 21.0. The number of nitrogens with zero attached hydrogens (tertiary/aromatic N) is 1. The van der Waals surface area contributed by atoms with E-state index in [2.05, 4.69) is 26.6 Å². The maximum Gasteiger partial charge on any atom is 0.412 e. The Bertz CT molecular complexity index is 4180. The Morgan fingerprint density at radius 3 is 1.37 bits per heavy atom. The fourth-order valence-corrected chi connectivity index (χ4v) is 14.1. The van der Waals surface area contributed by atoms with Crippen LogP contribution in [0, 0.1) is 0 Å². The van der Waals surface area contributed by atoms with Crippen LogP contribution in [0.3, 0.4) is 0 Å². The smallest absolute Gasteiger partial charge is 0.412 e. The van der Waals surface area contributed by atoms with Crippen LogP contribution in [0.4, 0.5) is 24.0 Å². The van der Waals surface area contributed by atoms with E-state index in [1.54, 1.807) is 206 Å². The van der Waals surface area contributed by atoms with Crippen molar-refractivity contribution >= 4 is 36.4 Å². The molecule has 0 spiro atoms. The van der Waals surface area contributed by atoms with E-state index in [1.807, 2.05) is 6.07 Å². The number of fused-ring (bicyclic) bond motifs is 2. The lowest BCUT2D eigenvalue weighted by Crippen LogP contribution is -2.71. The average molecular weight is 1560 g/mol. The number of benzene rings is 7. The van der Waals surface area contributed by atoms with E-state index in [-0.39, 0.29) is 59.2 Å². The van der Waals surface area contributed by atoms with Crippen molar-refractivity contribution in [1.82, 2.24) is 31.5 Å². The van der Waals surface area contributed by atoms with Gasteiger partial charge in [-0.1, -0.05) is 212 Å². The van der Waals surface area contributed by atoms with Crippen molar-refractivity contribution in [1.29, 1.82) is 0 Å². The molecule has 0 aromatic heterocycles. The molecule has 11 N–H and O–H groups in total. The molecule has 0 bridgehead atoms. The lowest BCUT2D eigenvalue weighted by Gasteiger charge is -2.51. The quantitative estimate of drug-likeness (QED) is 0.0300. The first-order valence-corrected chi connectivity index (χ1v) is 37.1. The Kier molecular flexibility index (Phi) is 27.9. The number of amides is 6. The molecule has 600 valence electrons. The molecule has 5 saturated heterocycles. The Labute approximate surface area is 649 Å². The van der Waals surface area contributed by atoms with E-state index in [1.165, 1.54) is 4.90 Å². The van der Waals surface area contributed by atoms with Crippen molar-refractivity contribution in [2.24, 2.45) is 0 Å². The number of aliphatic hydroxyl groups excluding tert-OH is 6. The van der Waals surface area contributed by atoms with E-state index in [0.717, 1.165) is 0 Å². The first-order chi connectivity index (χ1) is 55.0. The zero-order chi connectivity index (χ0) is 78.7. The number of hydrogen-bond donors (Lipinski definition) is 11. The summed E-state index contributed by atoms with van der Waals surface area (Å²) >= 11 is 0. The van der Waals surface area contributed by atoms with Crippen molar-refractivity contribution in [3.8, 4) is 0 Å². The third-order valence-electron chi connectivity index (χ3n) is 19.9. The molecule has 6 fully saturated rings. The van der Waals surface area contributed by atoms with Crippen LogP contribution < -0.4 is 26.6 Å². The Balaban J connectivity index is 0.812. The summed E-state index contributed by atoms with van der Waals surface area (Å²) in [6, 6.07) is 54.8. The Morgan fingerprint density at radius 2 is 0.867 bits per heavy atom. The molecule has 5 heterocycles. The van der Waals surface area contributed by atoms with Gasteiger partial charge < -0.3 is 124 Å². The highest BCUT2D eigenvalue weighted by molar-refractivity contribution is 5.81. The molecule has 32 nitrogen and oxygen atoms in total. The second kappa shape index (κ2) is 39.0. The molecule has 113 heavy (non-hydrogen) atoms. The lowest BCUT2D eigenvalue weighted by molar-refractivity contribution is -0.358. The van der Waals surface area contributed by atoms with Crippen molar-refractivity contribution in [3.05, 3.63) is 251 Å². The number of nitrogens with one attached hydrogen (secondary N) is 5. The minimum absolute atomic E-state index is 0.0751. The van der Waals surface area contributed by atoms with Crippen LogP contribution in [-0.2, 0) is 104 Å². The van der Waals surface area contributed by atoms with Gasteiger partial charge in [-0.2, -0.15) is 0 Å². The van der Waals surface area contributed by atoms with Gasteiger partial charge in [-0.25, -0.2) is 24.0 Å². The second-order valence-corrected chi connectivity index (χ2v) is 27.7. The number of aliphatic hydroxyl groups is 6. The molecule has 7 aromatic rings. The van der Waals surface area contributed by atoms with Gasteiger partial charge >= 0.3 is 30.5 Å². The predicted molar refractivity (Wildman–Crippen MR) is 392 cm³/mol. The third-order valence-corrected chi connectivity index (χ3v) is 19.9. The summed E-state index contributed by atoms with van der Waals surface area (Å²) in [4.78, 5) is 85.2. The molecule has 6 aliphatic rings. The van der Waals surface area contributed by atoms with Gasteiger partial charge in [0.05, 0.1) is 31.8 Å². The monoisotopic (exact) mass is 1560 g/mol. The largest absolute Gasteiger partial charge is 0.445 e. The lowest BCUT2D eigenvalue weighted by atomic mass is 9.83. The molecule has 5 aliphatic heterocycles. The van der Waals surface area contributed by atoms with Crippen LogP contribution in [0.5, 0.6) is 0 Å². The van der Waals surface area contributed by atoms with Crippen LogP contribution in [0.2, 0.25) is 0 Å². The number of rotatable bonds is 27. The second-order valence-electron chi connectivity index (χ2n) is 27.7. The highest BCUT2D eigenvalue weighted by Crippen LogP contribution is 2.41. The van der Waals surface area contributed by atoms with Gasteiger partial charge in [0, 0.05) is 17.7 Å². The zero-order valence-electron chi connectivity index (χ0n) is 61.0. The van der Waals surface area contributed by atoms with Gasteiger partial charge in [-0.3, -0.25) is 9.69 Å². The molecular formula is C81H90N6O26. The number of carbonyl (C=O) groups is 6. The van der Waals surface area contributed by atoms with E-state index in [0.29, 0.717) is 38.9 Å². The van der Waals surface area contributed by atoms with Crippen molar-refractivity contribution in [2.45, 2.75) is 181 Å². The van der Waals surface area contributed by atoms with Crippen LogP contribution in [0.25, 0.3) is 0 Å². The van der Waals surface area contributed by atoms with E-state index >= 15 is 0 Å². The minimum Gasteiger partial charge on any atom is -0.445 e. The van der Waals surface area contributed by atoms with Crippen molar-refractivity contribution < 1.29 is 126 Å². The van der Waals surface area contributed by atoms with Gasteiger partial charge in [0.15, 0.2) is 31.4 Å². The van der Waals surface area contributed by atoms with Gasteiger partial charge in [-0.05, 0) is 40.7 Å². The molecule has 7 aromatic carbocycles. The van der Waals surface area contributed by atoms with Crippen LogP contribution in [0.15, 0.2) is 212 Å². The maximum atomic E-state index is 14.4. The number of ether oxygens (including phenoxy) is 14. The zero-order valence-corrected chi connectivity index (χ0v) is 61.0.